The first-order valence-corrected chi connectivity index (χ1v) is 16.0. The predicted molar refractivity (Wildman–Crippen MR) is 168 cm³/mol. The lowest BCUT2D eigenvalue weighted by atomic mass is 9.95. The molecule has 0 saturated carbocycles. The van der Waals surface area contributed by atoms with E-state index in [1.54, 1.807) is 6.07 Å². The topological polar surface area (TPSA) is 85.6 Å². The molecule has 4 aliphatic rings. The van der Waals surface area contributed by atoms with Gasteiger partial charge in [0.1, 0.15) is 17.9 Å². The summed E-state index contributed by atoms with van der Waals surface area (Å²) >= 11 is 0. The first-order valence-electron chi connectivity index (χ1n) is 16.0. The molecular formula is C35H38F2N6O2. The number of rotatable bonds is 7. The molecule has 8 nitrogen and oxygen atoms in total. The molecule has 2 atom stereocenters. The van der Waals surface area contributed by atoms with Gasteiger partial charge in [0.05, 0.1) is 24.1 Å². The molecule has 0 spiro atoms. The molecule has 0 radical (unpaired) electrons. The highest BCUT2D eigenvalue weighted by Crippen LogP contribution is 2.41. The first-order chi connectivity index (χ1) is 21.8. The van der Waals surface area contributed by atoms with Crippen molar-refractivity contribution in [3.8, 4) is 23.2 Å². The van der Waals surface area contributed by atoms with E-state index in [4.69, 9.17) is 9.72 Å². The number of carbonyl (C=O) groups excluding carboxylic acids is 1. The molecule has 1 aromatic heterocycles. The summed E-state index contributed by atoms with van der Waals surface area (Å²) in [5.41, 5.74) is 3.97. The summed E-state index contributed by atoms with van der Waals surface area (Å²) in [5, 5.41) is 10.0. The average molecular weight is 613 g/mol. The zero-order chi connectivity index (χ0) is 31.3. The summed E-state index contributed by atoms with van der Waals surface area (Å²) in [4.78, 5) is 27.8. The van der Waals surface area contributed by atoms with Crippen molar-refractivity contribution < 1.29 is 18.3 Å². The van der Waals surface area contributed by atoms with Crippen LogP contribution in [-0.2, 0) is 17.6 Å². The van der Waals surface area contributed by atoms with Gasteiger partial charge in [0.15, 0.2) is 11.6 Å². The molecule has 7 rings (SSSR count). The van der Waals surface area contributed by atoms with Gasteiger partial charge in [-0.3, -0.25) is 9.69 Å². The maximum absolute atomic E-state index is 16.7. The number of nitrogens with zero attached hydrogens (tertiary/aromatic N) is 6. The number of fused-ring (bicyclic) bond motifs is 3. The van der Waals surface area contributed by atoms with Crippen LogP contribution in [0.2, 0.25) is 0 Å². The van der Waals surface area contributed by atoms with E-state index in [9.17, 15) is 14.4 Å². The molecule has 1 aliphatic carbocycles. The Morgan fingerprint density at radius 1 is 1.11 bits per heavy atom. The molecule has 234 valence electrons. The first kappa shape index (κ1) is 29.6. The lowest BCUT2D eigenvalue weighted by Crippen LogP contribution is -2.55. The molecule has 3 aliphatic heterocycles. The lowest BCUT2D eigenvalue weighted by molar-refractivity contribution is -0.131. The number of nitriles is 1. The van der Waals surface area contributed by atoms with Crippen molar-refractivity contribution in [3.05, 3.63) is 59.7 Å². The number of benzene rings is 2. The highest BCUT2D eigenvalue weighted by molar-refractivity contribution is 5.94. The normalized spacial score (nSPS) is 22.4. The maximum Gasteiger partial charge on any atom is 0.319 e. The fourth-order valence-corrected chi connectivity index (χ4v) is 8.17. The lowest BCUT2D eigenvalue weighted by Gasteiger charge is -2.41. The van der Waals surface area contributed by atoms with E-state index in [0.29, 0.717) is 35.8 Å². The highest BCUT2D eigenvalue weighted by Gasteiger charge is 2.45. The Bertz CT molecular complexity index is 1710. The van der Waals surface area contributed by atoms with Gasteiger partial charge in [0.2, 0.25) is 0 Å². The Morgan fingerprint density at radius 2 is 1.91 bits per heavy atom. The van der Waals surface area contributed by atoms with Gasteiger partial charge in [0, 0.05) is 30.6 Å². The molecule has 2 aromatic carbocycles. The number of halogens is 2. The molecule has 4 heterocycles. The molecule has 0 N–H and O–H groups in total. The van der Waals surface area contributed by atoms with Crippen LogP contribution in [0.25, 0.3) is 22.0 Å². The van der Waals surface area contributed by atoms with Crippen LogP contribution in [0.15, 0.2) is 42.7 Å². The number of hydrogen-bond acceptors (Lipinski definition) is 7. The minimum atomic E-state index is -1.06. The largest absolute Gasteiger partial charge is 0.461 e. The molecule has 3 aromatic rings. The molecule has 3 saturated heterocycles. The van der Waals surface area contributed by atoms with Crippen LogP contribution in [0.4, 0.5) is 14.6 Å². The van der Waals surface area contributed by atoms with Crippen molar-refractivity contribution in [1.82, 2.24) is 19.8 Å². The van der Waals surface area contributed by atoms with Crippen LogP contribution in [0.3, 0.4) is 0 Å². The number of hydrogen-bond donors (Lipinski definition) is 0. The molecule has 0 unspecified atom stereocenters. The van der Waals surface area contributed by atoms with E-state index in [2.05, 4.69) is 35.5 Å². The van der Waals surface area contributed by atoms with Gasteiger partial charge in [-0.25, -0.2) is 8.78 Å². The smallest absolute Gasteiger partial charge is 0.319 e. The molecule has 1 amide bonds. The zero-order valence-corrected chi connectivity index (χ0v) is 25.7. The van der Waals surface area contributed by atoms with E-state index in [0.717, 1.165) is 57.2 Å². The van der Waals surface area contributed by atoms with Gasteiger partial charge in [-0.15, -0.1) is 0 Å². The van der Waals surface area contributed by atoms with Crippen LogP contribution in [0.1, 0.15) is 50.2 Å². The van der Waals surface area contributed by atoms with Crippen molar-refractivity contribution >= 4 is 22.6 Å². The Hall–Kier alpha value is -4.10. The molecular weight excluding hydrogens is 574 g/mol. The van der Waals surface area contributed by atoms with E-state index < -0.39 is 23.6 Å². The Morgan fingerprint density at radius 3 is 2.67 bits per heavy atom. The number of anilines is 1. The number of piperazine rings is 1. The second-order valence-electron chi connectivity index (χ2n) is 13.2. The third-order valence-electron chi connectivity index (χ3n) is 10.3. The third-order valence-corrected chi connectivity index (χ3v) is 10.3. The van der Waals surface area contributed by atoms with E-state index in [1.807, 2.05) is 23.1 Å². The summed E-state index contributed by atoms with van der Waals surface area (Å²) in [6.07, 6.45) is 6.25. The van der Waals surface area contributed by atoms with E-state index in [-0.39, 0.29) is 36.6 Å². The van der Waals surface area contributed by atoms with Crippen molar-refractivity contribution in [2.24, 2.45) is 5.92 Å². The predicted octanol–water partition coefficient (Wildman–Crippen LogP) is 5.59. The van der Waals surface area contributed by atoms with E-state index in [1.165, 1.54) is 16.0 Å². The zero-order valence-electron chi connectivity index (χ0n) is 25.7. The van der Waals surface area contributed by atoms with Gasteiger partial charge in [-0.2, -0.15) is 15.2 Å². The number of aromatic nitrogens is 2. The molecule has 0 bridgehead atoms. The van der Waals surface area contributed by atoms with Crippen LogP contribution < -0.4 is 9.64 Å². The molecule has 45 heavy (non-hydrogen) atoms. The number of carbonyl (C=O) groups is 1. The van der Waals surface area contributed by atoms with Crippen LogP contribution in [0, 0.1) is 23.1 Å². The van der Waals surface area contributed by atoms with Crippen molar-refractivity contribution in [3.63, 3.8) is 0 Å². The average Bonchev–Trinajstić information content (AvgIpc) is 3.73. The van der Waals surface area contributed by atoms with Crippen LogP contribution in [0.5, 0.6) is 6.01 Å². The third kappa shape index (κ3) is 5.21. The summed E-state index contributed by atoms with van der Waals surface area (Å²) in [7, 11) is 0. The van der Waals surface area contributed by atoms with Gasteiger partial charge in [-0.05, 0) is 80.3 Å². The second kappa shape index (κ2) is 11.7. The van der Waals surface area contributed by atoms with Crippen molar-refractivity contribution in [1.29, 1.82) is 5.26 Å². The van der Waals surface area contributed by atoms with Crippen molar-refractivity contribution in [2.45, 2.75) is 63.5 Å². The number of amides is 1. The Kier molecular flexibility index (Phi) is 7.68. The maximum atomic E-state index is 16.7. The summed E-state index contributed by atoms with van der Waals surface area (Å²) < 4.78 is 36.9. The SMILES string of the molecule is C=C(F)C(=O)N1CCN(c2nc(OCC34CCCN3CCC4)nc3c(F)c(-c4cccc5c4C[C@H](C)C5)ccc23)C[C@@H]1CC#N. The minimum Gasteiger partial charge on any atom is -0.461 e. The Labute approximate surface area is 262 Å². The Balaban J connectivity index is 1.30. The van der Waals surface area contributed by atoms with Crippen LogP contribution >= 0.6 is 0 Å². The van der Waals surface area contributed by atoms with E-state index >= 15 is 4.39 Å². The second-order valence-corrected chi connectivity index (χ2v) is 13.2. The molecule has 3 fully saturated rings. The fourth-order valence-electron chi connectivity index (χ4n) is 8.17. The van der Waals surface area contributed by atoms with Gasteiger partial charge < -0.3 is 14.5 Å². The monoisotopic (exact) mass is 612 g/mol. The van der Waals surface area contributed by atoms with Gasteiger partial charge in [-0.1, -0.05) is 37.8 Å². The minimum absolute atomic E-state index is 0.0102. The van der Waals surface area contributed by atoms with Crippen LogP contribution in [-0.4, -0.2) is 76.6 Å². The molecule has 10 heteroatoms. The van der Waals surface area contributed by atoms with Gasteiger partial charge in [0.25, 0.3) is 5.91 Å². The summed E-state index contributed by atoms with van der Waals surface area (Å²) in [6, 6.07) is 11.4. The van der Waals surface area contributed by atoms with Gasteiger partial charge >= 0.3 is 6.01 Å². The highest BCUT2D eigenvalue weighted by atomic mass is 19.1. The number of ether oxygens (including phenoxy) is 1. The summed E-state index contributed by atoms with van der Waals surface area (Å²) in [5.74, 6) is -1.31. The quantitative estimate of drug-likeness (QED) is 0.322. The fraction of sp³-hybridized carbons (Fsp3) is 0.486. The summed E-state index contributed by atoms with van der Waals surface area (Å²) in [6.45, 7) is 8.63. The standard InChI is InChI=1S/C35H38F2N6O2/c1-22-18-24-6-3-7-26(29(24)19-22)27-8-9-28-31(30(27)37)39-34(45-21-35-11-4-14-42(35)15-5-12-35)40-32(28)41-16-17-43(33(44)23(2)36)25(20-41)10-13-38/h3,6-9,22,25H,2,4-5,10-12,14-21H2,1H3/t22-,25+/m1/s1. The van der Waals surface area contributed by atoms with Crippen molar-refractivity contribution in [2.75, 3.05) is 44.2 Å².